The van der Waals surface area contributed by atoms with Crippen molar-refractivity contribution in [2.24, 2.45) is 0 Å². The Balaban J connectivity index is 2.17. The van der Waals surface area contributed by atoms with E-state index in [0.717, 1.165) is 15.8 Å². The number of hydrogen-bond donors (Lipinski definition) is 2. The molecule has 0 bridgehead atoms. The van der Waals surface area contributed by atoms with Crippen LogP contribution in [0.25, 0.3) is 0 Å². The van der Waals surface area contributed by atoms with Gasteiger partial charge in [-0.3, -0.25) is 4.79 Å². The summed E-state index contributed by atoms with van der Waals surface area (Å²) in [6.07, 6.45) is 1.84. The Bertz CT molecular complexity index is 723. The van der Waals surface area contributed by atoms with Gasteiger partial charge in [-0.05, 0) is 42.8 Å². The zero-order valence-corrected chi connectivity index (χ0v) is 14.8. The number of rotatable bonds is 5. The first kappa shape index (κ1) is 16.7. The van der Waals surface area contributed by atoms with Gasteiger partial charge in [-0.1, -0.05) is 0 Å². The van der Waals surface area contributed by atoms with E-state index in [1.54, 1.807) is 19.9 Å². The molecule has 0 aliphatic heterocycles. The molecule has 1 atom stereocenters. The predicted octanol–water partition coefficient (Wildman–Crippen LogP) is 3.22. The molecule has 8 heteroatoms. The number of amides is 1. The van der Waals surface area contributed by atoms with E-state index < -0.39 is 5.97 Å². The van der Waals surface area contributed by atoms with Crippen molar-refractivity contribution in [2.75, 3.05) is 0 Å². The maximum atomic E-state index is 12.4. The summed E-state index contributed by atoms with van der Waals surface area (Å²) in [4.78, 5) is 27.9. The lowest BCUT2D eigenvalue weighted by Crippen LogP contribution is -2.28. The highest BCUT2D eigenvalue weighted by Crippen LogP contribution is 2.24. The van der Waals surface area contributed by atoms with Crippen LogP contribution in [0.4, 0.5) is 0 Å². The Kier molecular flexibility index (Phi) is 5.02. The molecule has 2 aromatic rings. The lowest BCUT2D eigenvalue weighted by atomic mass is 10.3. The number of nitrogens with zero attached hydrogens (tertiary/aromatic N) is 2. The number of hydrogen-bond acceptors (Lipinski definition) is 4. The highest BCUT2D eigenvalue weighted by Gasteiger charge is 2.21. The second kappa shape index (κ2) is 6.62. The second-order valence-corrected chi connectivity index (χ2v) is 6.74. The predicted molar refractivity (Wildman–Crippen MR) is 87.5 cm³/mol. The average molecular weight is 386 g/mol. The molecule has 0 aromatic carbocycles. The quantitative estimate of drug-likeness (QED) is 0.827. The summed E-state index contributed by atoms with van der Waals surface area (Å²) in [5.41, 5.74) is 1.02. The molecule has 2 rings (SSSR count). The Morgan fingerprint density at radius 2 is 2.23 bits per heavy atom. The van der Waals surface area contributed by atoms with Crippen LogP contribution >= 0.6 is 27.3 Å². The van der Waals surface area contributed by atoms with Crippen molar-refractivity contribution in [3.8, 4) is 0 Å². The van der Waals surface area contributed by atoms with E-state index in [0.29, 0.717) is 22.9 Å². The van der Waals surface area contributed by atoms with Gasteiger partial charge in [-0.25, -0.2) is 9.78 Å². The summed E-state index contributed by atoms with van der Waals surface area (Å²) in [5.74, 6) is -1.21. The highest BCUT2D eigenvalue weighted by atomic mass is 79.9. The molecule has 0 aliphatic carbocycles. The smallest absolute Gasteiger partial charge is 0.347 e. The number of halogens is 1. The number of carboxylic acid groups (broad SMARTS) is 1. The zero-order valence-electron chi connectivity index (χ0n) is 12.4. The van der Waals surface area contributed by atoms with Crippen LogP contribution in [0.3, 0.4) is 0 Å². The van der Waals surface area contributed by atoms with Crippen LogP contribution in [-0.2, 0) is 6.54 Å². The molecule has 1 amide bonds. The first-order chi connectivity index (χ1) is 10.3. The minimum absolute atomic E-state index is 0.204. The fourth-order valence-electron chi connectivity index (χ4n) is 2.06. The van der Waals surface area contributed by atoms with Gasteiger partial charge in [0, 0.05) is 17.2 Å². The molecular weight excluding hydrogens is 370 g/mol. The molecule has 2 heterocycles. The molecule has 1 unspecified atom stereocenters. The van der Waals surface area contributed by atoms with E-state index in [4.69, 9.17) is 5.11 Å². The Labute approximate surface area is 140 Å². The van der Waals surface area contributed by atoms with Crippen LogP contribution in [0.5, 0.6) is 0 Å². The summed E-state index contributed by atoms with van der Waals surface area (Å²) >= 11 is 4.44. The molecule has 0 fully saturated rings. The van der Waals surface area contributed by atoms with Crippen molar-refractivity contribution in [3.63, 3.8) is 0 Å². The van der Waals surface area contributed by atoms with E-state index in [1.165, 1.54) is 0 Å². The largest absolute Gasteiger partial charge is 0.477 e. The Morgan fingerprint density at radius 3 is 2.77 bits per heavy atom. The van der Waals surface area contributed by atoms with Gasteiger partial charge in [0.15, 0.2) is 0 Å². The summed E-state index contributed by atoms with van der Waals surface area (Å²) < 4.78 is 2.67. The van der Waals surface area contributed by atoms with E-state index in [2.05, 4.69) is 26.2 Å². The van der Waals surface area contributed by atoms with Gasteiger partial charge in [0.05, 0.1) is 11.7 Å². The normalized spacial score (nSPS) is 12.2. The number of nitrogens with one attached hydrogen (secondary N) is 1. The minimum Gasteiger partial charge on any atom is -0.477 e. The van der Waals surface area contributed by atoms with E-state index >= 15 is 0 Å². The Hall–Kier alpha value is -1.67. The first-order valence-electron chi connectivity index (χ1n) is 6.70. The summed E-state index contributed by atoms with van der Waals surface area (Å²) in [5, 5.41) is 12.5. The molecule has 0 saturated carbocycles. The fourth-order valence-corrected chi connectivity index (χ4v) is 3.43. The molecule has 118 valence electrons. The SMILES string of the molecule is CCn1cc(Br)cc1C(=O)NC(C)c1nc(C)c(C(=O)O)s1. The van der Waals surface area contributed by atoms with Gasteiger partial charge in [0.25, 0.3) is 5.91 Å². The molecule has 0 aliphatic rings. The van der Waals surface area contributed by atoms with Gasteiger partial charge < -0.3 is 15.0 Å². The average Bonchev–Trinajstić information content (AvgIpc) is 3.01. The van der Waals surface area contributed by atoms with Gasteiger partial charge in [-0.2, -0.15) is 0 Å². The lowest BCUT2D eigenvalue weighted by molar-refractivity contribution is 0.0701. The molecule has 0 saturated heterocycles. The number of carboxylic acids is 1. The monoisotopic (exact) mass is 385 g/mol. The number of aromatic nitrogens is 2. The van der Waals surface area contributed by atoms with Crippen molar-refractivity contribution in [1.82, 2.24) is 14.9 Å². The molecule has 2 aromatic heterocycles. The van der Waals surface area contributed by atoms with Crippen molar-refractivity contribution in [1.29, 1.82) is 0 Å². The zero-order chi connectivity index (χ0) is 16.4. The van der Waals surface area contributed by atoms with Crippen molar-refractivity contribution in [2.45, 2.75) is 33.4 Å². The maximum Gasteiger partial charge on any atom is 0.347 e. The molecule has 6 nitrogen and oxygen atoms in total. The van der Waals surface area contributed by atoms with E-state index in [-0.39, 0.29) is 16.8 Å². The van der Waals surface area contributed by atoms with Gasteiger partial charge in [-0.15, -0.1) is 11.3 Å². The number of carbonyl (C=O) groups is 2. The molecule has 0 radical (unpaired) electrons. The number of thiazole rings is 1. The summed E-state index contributed by atoms with van der Waals surface area (Å²) in [6, 6.07) is 1.39. The third kappa shape index (κ3) is 3.38. The van der Waals surface area contributed by atoms with Crippen molar-refractivity contribution < 1.29 is 14.7 Å². The summed E-state index contributed by atoms with van der Waals surface area (Å²) in [6.45, 7) is 6.08. The van der Waals surface area contributed by atoms with E-state index in [1.807, 2.05) is 17.7 Å². The molecule has 22 heavy (non-hydrogen) atoms. The maximum absolute atomic E-state index is 12.4. The number of aryl methyl sites for hydroxylation is 2. The lowest BCUT2D eigenvalue weighted by Gasteiger charge is -2.12. The van der Waals surface area contributed by atoms with Crippen LogP contribution in [0.2, 0.25) is 0 Å². The third-order valence-electron chi connectivity index (χ3n) is 3.16. The van der Waals surface area contributed by atoms with Crippen LogP contribution < -0.4 is 5.32 Å². The minimum atomic E-state index is -0.997. The van der Waals surface area contributed by atoms with Gasteiger partial charge >= 0.3 is 5.97 Å². The van der Waals surface area contributed by atoms with Gasteiger partial charge in [0.2, 0.25) is 0 Å². The second-order valence-electron chi connectivity index (χ2n) is 4.80. The van der Waals surface area contributed by atoms with Crippen molar-refractivity contribution >= 4 is 39.1 Å². The topological polar surface area (TPSA) is 84.2 Å². The summed E-state index contributed by atoms with van der Waals surface area (Å²) in [7, 11) is 0. The molecular formula is C14H16BrN3O3S. The Morgan fingerprint density at radius 1 is 1.55 bits per heavy atom. The molecule has 0 spiro atoms. The van der Waals surface area contributed by atoms with Gasteiger partial charge in [0.1, 0.15) is 15.6 Å². The van der Waals surface area contributed by atoms with Crippen LogP contribution in [-0.4, -0.2) is 26.5 Å². The fraction of sp³-hybridized carbons (Fsp3) is 0.357. The van der Waals surface area contributed by atoms with Crippen LogP contribution in [0.15, 0.2) is 16.7 Å². The highest BCUT2D eigenvalue weighted by molar-refractivity contribution is 9.10. The van der Waals surface area contributed by atoms with Crippen molar-refractivity contribution in [3.05, 3.63) is 38.0 Å². The molecule has 2 N–H and O–H groups in total. The number of aromatic carboxylic acids is 1. The number of carbonyl (C=O) groups excluding carboxylic acids is 1. The van der Waals surface area contributed by atoms with Crippen LogP contribution in [0, 0.1) is 6.92 Å². The van der Waals surface area contributed by atoms with E-state index in [9.17, 15) is 9.59 Å². The van der Waals surface area contributed by atoms with Crippen LogP contribution in [0.1, 0.15) is 50.8 Å². The first-order valence-corrected chi connectivity index (χ1v) is 8.31. The standard InChI is InChI=1S/C14H16BrN3O3S/c1-4-18-6-9(15)5-10(18)12(19)16-8(3)13-17-7(2)11(22-13)14(20)21/h5-6,8H,4H2,1-3H3,(H,16,19)(H,20,21). The third-order valence-corrected chi connectivity index (χ3v) is 4.92.